The van der Waals surface area contributed by atoms with Crippen LogP contribution in [-0.2, 0) is 11.3 Å². The number of hydrogen-bond donors (Lipinski definition) is 3. The number of rotatable bonds is 5. The first-order chi connectivity index (χ1) is 10.7. The van der Waals surface area contributed by atoms with Crippen molar-refractivity contribution in [1.82, 2.24) is 15.5 Å². The van der Waals surface area contributed by atoms with Crippen molar-refractivity contribution in [2.24, 2.45) is 5.92 Å². The molecule has 3 atom stereocenters. The number of carbonyl (C=O) groups is 1. The fraction of sp³-hybridized carbons (Fsp3) is 0.688. The van der Waals surface area contributed by atoms with Crippen LogP contribution < -0.4 is 10.6 Å². The fourth-order valence-electron chi connectivity index (χ4n) is 3.37. The van der Waals surface area contributed by atoms with Gasteiger partial charge in [-0.15, -0.1) is 36.2 Å². The molecule has 2 aliphatic heterocycles. The van der Waals surface area contributed by atoms with Crippen molar-refractivity contribution >= 4 is 42.1 Å². The molecule has 3 N–H and O–H groups in total. The van der Waals surface area contributed by atoms with Gasteiger partial charge in [0.2, 0.25) is 5.91 Å². The Morgan fingerprint density at radius 3 is 2.96 bits per heavy atom. The molecular formula is C16H27Cl2N3O2S. The summed E-state index contributed by atoms with van der Waals surface area (Å²) in [4.78, 5) is 16.0. The van der Waals surface area contributed by atoms with Crippen molar-refractivity contribution in [3.8, 4) is 0 Å². The molecule has 8 heteroatoms. The van der Waals surface area contributed by atoms with E-state index in [0.29, 0.717) is 18.9 Å². The highest BCUT2D eigenvalue weighted by Gasteiger charge is 2.28. The number of aliphatic hydroxyl groups is 1. The van der Waals surface area contributed by atoms with Crippen molar-refractivity contribution < 1.29 is 9.90 Å². The average Bonchev–Trinajstić information content (AvgIpc) is 3.17. The largest absolute Gasteiger partial charge is 0.392 e. The summed E-state index contributed by atoms with van der Waals surface area (Å²) in [6.07, 6.45) is 2.53. The van der Waals surface area contributed by atoms with E-state index in [1.54, 1.807) is 0 Å². The minimum atomic E-state index is -0.383. The van der Waals surface area contributed by atoms with Crippen LogP contribution in [0.25, 0.3) is 0 Å². The van der Waals surface area contributed by atoms with Gasteiger partial charge < -0.3 is 15.7 Å². The van der Waals surface area contributed by atoms with E-state index in [0.717, 1.165) is 26.2 Å². The Labute approximate surface area is 160 Å². The lowest BCUT2D eigenvalue weighted by Crippen LogP contribution is -2.45. The molecule has 3 unspecified atom stereocenters. The Morgan fingerprint density at radius 1 is 1.46 bits per heavy atom. The second-order valence-corrected chi connectivity index (χ2v) is 7.45. The van der Waals surface area contributed by atoms with Crippen LogP contribution in [0.5, 0.6) is 0 Å². The first-order valence-corrected chi connectivity index (χ1v) is 9.02. The van der Waals surface area contributed by atoms with Gasteiger partial charge >= 0.3 is 0 Å². The Kier molecular flexibility index (Phi) is 9.56. The number of thiophene rings is 1. The third-order valence-electron chi connectivity index (χ3n) is 4.55. The van der Waals surface area contributed by atoms with E-state index in [1.807, 2.05) is 11.3 Å². The zero-order valence-corrected chi connectivity index (χ0v) is 16.1. The third-order valence-corrected chi connectivity index (χ3v) is 5.41. The highest BCUT2D eigenvalue weighted by atomic mass is 35.5. The first-order valence-electron chi connectivity index (χ1n) is 8.14. The summed E-state index contributed by atoms with van der Waals surface area (Å²) in [5.41, 5.74) is 0. The SMILES string of the molecule is Cl.Cl.O=C(NCC1CCCN(Cc2cccs2)C1)C1CC(O)CN1. The van der Waals surface area contributed by atoms with E-state index in [2.05, 4.69) is 33.0 Å². The monoisotopic (exact) mass is 395 g/mol. The molecule has 0 spiro atoms. The molecule has 24 heavy (non-hydrogen) atoms. The summed E-state index contributed by atoms with van der Waals surface area (Å²) >= 11 is 1.81. The Morgan fingerprint density at radius 2 is 2.29 bits per heavy atom. The topological polar surface area (TPSA) is 64.6 Å². The predicted molar refractivity (Wildman–Crippen MR) is 102 cm³/mol. The van der Waals surface area contributed by atoms with Gasteiger partial charge in [-0.2, -0.15) is 0 Å². The van der Waals surface area contributed by atoms with E-state index in [4.69, 9.17) is 0 Å². The van der Waals surface area contributed by atoms with Crippen molar-refractivity contribution in [2.45, 2.75) is 38.0 Å². The van der Waals surface area contributed by atoms with Crippen LogP contribution in [0.3, 0.4) is 0 Å². The molecular weight excluding hydrogens is 369 g/mol. The fourth-order valence-corrected chi connectivity index (χ4v) is 4.12. The van der Waals surface area contributed by atoms with E-state index in [9.17, 15) is 9.90 Å². The Bertz CT molecular complexity index is 490. The van der Waals surface area contributed by atoms with Gasteiger partial charge in [-0.05, 0) is 43.2 Å². The smallest absolute Gasteiger partial charge is 0.237 e. The zero-order chi connectivity index (χ0) is 15.4. The van der Waals surface area contributed by atoms with Gasteiger partial charge in [-0.25, -0.2) is 0 Å². The van der Waals surface area contributed by atoms with Crippen LogP contribution in [-0.4, -0.2) is 54.2 Å². The van der Waals surface area contributed by atoms with Gasteiger partial charge in [-0.3, -0.25) is 9.69 Å². The van der Waals surface area contributed by atoms with Crippen LogP contribution in [0.15, 0.2) is 17.5 Å². The van der Waals surface area contributed by atoms with Crippen LogP contribution in [0, 0.1) is 5.92 Å². The lowest BCUT2D eigenvalue weighted by molar-refractivity contribution is -0.123. The van der Waals surface area contributed by atoms with Gasteiger partial charge in [-0.1, -0.05) is 6.07 Å². The molecule has 5 nitrogen and oxygen atoms in total. The molecule has 2 aliphatic rings. The summed E-state index contributed by atoms with van der Waals surface area (Å²) in [6, 6.07) is 4.07. The number of β-amino-alcohol motifs (C(OH)–C–C–N with tert-alkyl or cyclic N) is 1. The molecule has 3 heterocycles. The van der Waals surface area contributed by atoms with Gasteiger partial charge in [0, 0.05) is 31.1 Å². The van der Waals surface area contributed by atoms with E-state index in [1.165, 1.54) is 17.7 Å². The predicted octanol–water partition coefficient (Wildman–Crippen LogP) is 1.64. The van der Waals surface area contributed by atoms with Crippen molar-refractivity contribution in [3.05, 3.63) is 22.4 Å². The van der Waals surface area contributed by atoms with Crippen molar-refractivity contribution in [3.63, 3.8) is 0 Å². The minimum Gasteiger partial charge on any atom is -0.392 e. The maximum Gasteiger partial charge on any atom is 0.237 e. The number of aliphatic hydroxyl groups excluding tert-OH is 1. The molecule has 1 amide bonds. The molecule has 0 radical (unpaired) electrons. The molecule has 1 aromatic rings. The number of likely N-dealkylation sites (tertiary alicyclic amines) is 1. The zero-order valence-electron chi connectivity index (χ0n) is 13.6. The molecule has 0 aliphatic carbocycles. The number of nitrogens with zero attached hydrogens (tertiary/aromatic N) is 1. The quantitative estimate of drug-likeness (QED) is 0.708. The van der Waals surface area contributed by atoms with Gasteiger partial charge in [0.1, 0.15) is 0 Å². The molecule has 2 saturated heterocycles. The van der Waals surface area contributed by atoms with Crippen molar-refractivity contribution in [1.29, 1.82) is 0 Å². The number of nitrogens with one attached hydrogen (secondary N) is 2. The van der Waals surface area contributed by atoms with Crippen LogP contribution >= 0.6 is 36.2 Å². The van der Waals surface area contributed by atoms with Gasteiger partial charge in [0.15, 0.2) is 0 Å². The maximum absolute atomic E-state index is 12.1. The average molecular weight is 396 g/mol. The van der Waals surface area contributed by atoms with E-state index in [-0.39, 0.29) is 42.9 Å². The van der Waals surface area contributed by atoms with Gasteiger partial charge in [0.05, 0.1) is 12.1 Å². The summed E-state index contributed by atoms with van der Waals surface area (Å²) in [5.74, 6) is 0.566. The van der Waals surface area contributed by atoms with Crippen LogP contribution in [0.4, 0.5) is 0 Å². The van der Waals surface area contributed by atoms with Crippen molar-refractivity contribution in [2.75, 3.05) is 26.2 Å². The Balaban J connectivity index is 0.00000144. The number of amides is 1. The number of carbonyl (C=O) groups excluding carboxylic acids is 1. The van der Waals surface area contributed by atoms with Crippen LogP contribution in [0.2, 0.25) is 0 Å². The molecule has 2 fully saturated rings. The molecule has 3 rings (SSSR count). The Hall–Kier alpha value is -0.370. The van der Waals surface area contributed by atoms with Crippen LogP contribution in [0.1, 0.15) is 24.1 Å². The number of hydrogen-bond acceptors (Lipinski definition) is 5. The van der Waals surface area contributed by atoms with E-state index < -0.39 is 0 Å². The molecule has 0 saturated carbocycles. The van der Waals surface area contributed by atoms with Gasteiger partial charge in [0.25, 0.3) is 0 Å². The second kappa shape index (κ2) is 10.6. The highest BCUT2D eigenvalue weighted by Crippen LogP contribution is 2.20. The van der Waals surface area contributed by atoms with E-state index >= 15 is 0 Å². The third kappa shape index (κ3) is 6.17. The number of halogens is 2. The standard InChI is InChI=1S/C16H25N3O2S.2ClH/c20-13-7-15(17-9-13)16(21)18-8-12-3-1-5-19(10-12)11-14-4-2-6-22-14;;/h2,4,6,12-13,15,17,20H,1,3,5,7-11H2,(H,18,21);2*1H. The minimum absolute atomic E-state index is 0. The highest BCUT2D eigenvalue weighted by molar-refractivity contribution is 7.09. The maximum atomic E-state index is 12.1. The number of piperidine rings is 1. The normalized spacial score (nSPS) is 27.1. The lowest BCUT2D eigenvalue weighted by atomic mass is 9.97. The second-order valence-electron chi connectivity index (χ2n) is 6.42. The first kappa shape index (κ1) is 21.7. The molecule has 0 aromatic carbocycles. The molecule has 0 bridgehead atoms. The lowest BCUT2D eigenvalue weighted by Gasteiger charge is -2.32. The summed E-state index contributed by atoms with van der Waals surface area (Å²) in [6.45, 7) is 4.50. The molecule has 138 valence electrons. The summed E-state index contributed by atoms with van der Waals surface area (Å²) in [5, 5.41) is 17.7. The summed E-state index contributed by atoms with van der Waals surface area (Å²) < 4.78 is 0. The summed E-state index contributed by atoms with van der Waals surface area (Å²) in [7, 11) is 0. The molecule has 1 aromatic heterocycles.